The Balaban J connectivity index is 0.000000561. The van der Waals surface area contributed by atoms with Crippen molar-refractivity contribution in [2.24, 2.45) is 0 Å². The molecule has 0 spiro atoms. The highest BCUT2D eigenvalue weighted by molar-refractivity contribution is 5.87. The minimum absolute atomic E-state index is 0.0741. The van der Waals surface area contributed by atoms with Crippen molar-refractivity contribution in [1.82, 2.24) is 0 Å². The summed E-state index contributed by atoms with van der Waals surface area (Å²) in [6, 6.07) is 5.36. The topological polar surface area (TPSA) is 74.6 Å². The lowest BCUT2D eigenvalue weighted by atomic mass is 10.2. The van der Waals surface area contributed by atoms with Gasteiger partial charge in [0.05, 0.1) is 5.56 Å². The molecule has 4 heteroatoms. The smallest absolute Gasteiger partial charge is 0.335 e. The number of phenolic OH excluding ortho intramolecular Hbond substituents is 1. The second-order valence-electron chi connectivity index (χ2n) is 1.85. The molecule has 0 saturated carbocycles. The Bertz CT molecular complexity index is 252. The van der Waals surface area contributed by atoms with Gasteiger partial charge >= 0.3 is 5.97 Å². The third-order valence-electron chi connectivity index (χ3n) is 1.11. The molecule has 0 bridgehead atoms. The standard InChI is InChI=1S/C7H6O3.CH2O/c8-6-3-1-5(2-4-6)7(9)10;1-2/h1-4,8H,(H,9,10);1H2. The molecule has 0 radical (unpaired) electrons. The Hall–Kier alpha value is -1.84. The fourth-order valence-electron chi connectivity index (χ4n) is 0.604. The lowest BCUT2D eigenvalue weighted by Gasteiger charge is -1.92. The largest absolute Gasteiger partial charge is 0.508 e. The van der Waals surface area contributed by atoms with Gasteiger partial charge in [0.15, 0.2) is 0 Å². The van der Waals surface area contributed by atoms with Crippen LogP contribution in [0.5, 0.6) is 5.75 Å². The van der Waals surface area contributed by atoms with E-state index in [9.17, 15) is 4.79 Å². The highest BCUT2D eigenvalue weighted by Crippen LogP contribution is 2.08. The molecule has 4 nitrogen and oxygen atoms in total. The number of hydrogen-bond donors (Lipinski definition) is 2. The zero-order valence-electron chi connectivity index (χ0n) is 6.23. The monoisotopic (exact) mass is 168 g/mol. The number of phenols is 1. The van der Waals surface area contributed by atoms with Crippen molar-refractivity contribution < 1.29 is 19.8 Å². The maximum absolute atomic E-state index is 10.2. The Morgan fingerprint density at radius 1 is 1.17 bits per heavy atom. The molecule has 2 N–H and O–H groups in total. The van der Waals surface area contributed by atoms with E-state index in [0.717, 1.165) is 0 Å². The van der Waals surface area contributed by atoms with Crippen LogP contribution in [0.2, 0.25) is 0 Å². The Morgan fingerprint density at radius 3 is 1.92 bits per heavy atom. The quantitative estimate of drug-likeness (QED) is 0.653. The van der Waals surface area contributed by atoms with Crippen molar-refractivity contribution >= 4 is 12.8 Å². The van der Waals surface area contributed by atoms with Crippen LogP contribution in [0.3, 0.4) is 0 Å². The molecule has 0 aliphatic heterocycles. The molecular weight excluding hydrogens is 160 g/mol. The normalized spacial score (nSPS) is 8.00. The van der Waals surface area contributed by atoms with Crippen LogP contribution < -0.4 is 0 Å². The Labute approximate surface area is 69.1 Å². The van der Waals surface area contributed by atoms with E-state index >= 15 is 0 Å². The number of hydrogen-bond acceptors (Lipinski definition) is 3. The number of carbonyl (C=O) groups excluding carboxylic acids is 1. The first kappa shape index (κ1) is 10.2. The van der Waals surface area contributed by atoms with Crippen LogP contribution in [0.25, 0.3) is 0 Å². The Kier molecular flexibility index (Phi) is 4.15. The summed E-state index contributed by atoms with van der Waals surface area (Å²) >= 11 is 0. The molecule has 0 aliphatic carbocycles. The number of carbonyl (C=O) groups is 2. The molecule has 0 fully saturated rings. The second-order valence-corrected chi connectivity index (χ2v) is 1.85. The number of carboxylic acid groups (broad SMARTS) is 1. The van der Waals surface area contributed by atoms with Gasteiger partial charge in [-0.25, -0.2) is 4.79 Å². The van der Waals surface area contributed by atoms with E-state index in [-0.39, 0.29) is 11.3 Å². The van der Waals surface area contributed by atoms with Gasteiger partial charge in [0.2, 0.25) is 0 Å². The van der Waals surface area contributed by atoms with E-state index in [2.05, 4.69) is 0 Å². The molecule has 1 aromatic carbocycles. The van der Waals surface area contributed by atoms with Crippen molar-refractivity contribution in [3.8, 4) is 5.75 Å². The summed E-state index contributed by atoms with van der Waals surface area (Å²) in [6.45, 7) is 2.00. The zero-order valence-corrected chi connectivity index (χ0v) is 6.23. The zero-order chi connectivity index (χ0) is 9.56. The lowest BCUT2D eigenvalue weighted by molar-refractivity contribution is -0.0980. The van der Waals surface area contributed by atoms with Gasteiger partial charge in [0.25, 0.3) is 0 Å². The average Bonchev–Trinajstić information content (AvgIpc) is 2.09. The fraction of sp³-hybridized carbons (Fsp3) is 0. The van der Waals surface area contributed by atoms with Crippen LogP contribution in [0.1, 0.15) is 10.4 Å². The summed E-state index contributed by atoms with van der Waals surface area (Å²) in [7, 11) is 0. The SMILES string of the molecule is C=O.O=C(O)c1ccc(O)cc1. The molecular formula is C8H8O4. The summed E-state index contributed by atoms with van der Waals surface area (Å²) in [6.07, 6.45) is 0. The third-order valence-corrected chi connectivity index (χ3v) is 1.11. The number of carboxylic acids is 1. The molecule has 64 valence electrons. The van der Waals surface area contributed by atoms with E-state index in [4.69, 9.17) is 15.0 Å². The molecule has 0 saturated heterocycles. The van der Waals surface area contributed by atoms with Crippen molar-refractivity contribution in [3.05, 3.63) is 29.8 Å². The number of aromatic carboxylic acids is 1. The van der Waals surface area contributed by atoms with Crippen LogP contribution in [0.4, 0.5) is 0 Å². The molecule has 1 rings (SSSR count). The van der Waals surface area contributed by atoms with E-state index < -0.39 is 5.97 Å². The maximum atomic E-state index is 10.2. The van der Waals surface area contributed by atoms with E-state index in [1.54, 1.807) is 0 Å². The van der Waals surface area contributed by atoms with Crippen molar-refractivity contribution in [3.63, 3.8) is 0 Å². The maximum Gasteiger partial charge on any atom is 0.335 e. The number of benzene rings is 1. The lowest BCUT2D eigenvalue weighted by Crippen LogP contribution is -1.93. The van der Waals surface area contributed by atoms with E-state index in [1.807, 2.05) is 6.79 Å². The molecule has 0 amide bonds. The van der Waals surface area contributed by atoms with Crippen LogP contribution in [-0.4, -0.2) is 23.0 Å². The molecule has 0 unspecified atom stereocenters. The first-order valence-electron chi connectivity index (χ1n) is 3.01. The van der Waals surface area contributed by atoms with E-state index in [0.29, 0.717) is 0 Å². The van der Waals surface area contributed by atoms with Crippen LogP contribution >= 0.6 is 0 Å². The summed E-state index contributed by atoms with van der Waals surface area (Å²) < 4.78 is 0. The highest BCUT2D eigenvalue weighted by Gasteiger charge is 1.99. The van der Waals surface area contributed by atoms with Gasteiger partial charge in [0, 0.05) is 0 Å². The van der Waals surface area contributed by atoms with Crippen LogP contribution in [0.15, 0.2) is 24.3 Å². The second kappa shape index (κ2) is 4.90. The van der Waals surface area contributed by atoms with E-state index in [1.165, 1.54) is 24.3 Å². The minimum atomic E-state index is -0.986. The van der Waals surface area contributed by atoms with Crippen LogP contribution in [-0.2, 0) is 4.79 Å². The van der Waals surface area contributed by atoms with Gasteiger partial charge in [-0.2, -0.15) is 0 Å². The van der Waals surface area contributed by atoms with Gasteiger partial charge in [-0.1, -0.05) is 0 Å². The third kappa shape index (κ3) is 2.83. The molecule has 12 heavy (non-hydrogen) atoms. The van der Waals surface area contributed by atoms with Crippen molar-refractivity contribution in [2.45, 2.75) is 0 Å². The fourth-order valence-corrected chi connectivity index (χ4v) is 0.604. The summed E-state index contributed by atoms with van der Waals surface area (Å²) in [5.74, 6) is -0.912. The molecule has 0 aromatic heterocycles. The molecule has 0 heterocycles. The van der Waals surface area contributed by atoms with Crippen molar-refractivity contribution in [2.75, 3.05) is 0 Å². The van der Waals surface area contributed by atoms with Crippen molar-refractivity contribution in [1.29, 1.82) is 0 Å². The number of aromatic hydroxyl groups is 1. The predicted molar refractivity (Wildman–Crippen MR) is 42.2 cm³/mol. The average molecular weight is 168 g/mol. The summed E-state index contributed by atoms with van der Waals surface area (Å²) in [4.78, 5) is 18.2. The number of rotatable bonds is 1. The first-order valence-corrected chi connectivity index (χ1v) is 3.01. The van der Waals surface area contributed by atoms with Gasteiger partial charge in [0.1, 0.15) is 12.5 Å². The Morgan fingerprint density at radius 2 is 1.58 bits per heavy atom. The summed E-state index contributed by atoms with van der Waals surface area (Å²) in [5, 5.41) is 17.1. The first-order chi connectivity index (χ1) is 5.70. The molecule has 0 atom stereocenters. The highest BCUT2D eigenvalue weighted by atomic mass is 16.4. The van der Waals surface area contributed by atoms with Crippen LogP contribution in [0, 0.1) is 0 Å². The predicted octanol–water partition coefficient (Wildman–Crippen LogP) is 0.905. The van der Waals surface area contributed by atoms with Gasteiger partial charge in [-0.15, -0.1) is 0 Å². The summed E-state index contributed by atoms with van der Waals surface area (Å²) in [5.41, 5.74) is 0.179. The molecule has 0 aliphatic rings. The molecule has 1 aromatic rings. The van der Waals surface area contributed by atoms with Gasteiger partial charge in [-0.05, 0) is 24.3 Å². The van der Waals surface area contributed by atoms with Gasteiger partial charge < -0.3 is 15.0 Å². The minimum Gasteiger partial charge on any atom is -0.508 e. The van der Waals surface area contributed by atoms with Gasteiger partial charge in [-0.3, -0.25) is 0 Å².